The van der Waals surface area contributed by atoms with E-state index in [9.17, 15) is 4.79 Å². The first-order valence-electron chi connectivity index (χ1n) is 7.93. The Balaban J connectivity index is 1.63. The number of nitrogens with one attached hydrogen (secondary N) is 1. The molecule has 0 fully saturated rings. The first-order chi connectivity index (χ1) is 12.1. The minimum absolute atomic E-state index is 0.0943. The third kappa shape index (κ3) is 3.06. The summed E-state index contributed by atoms with van der Waals surface area (Å²) < 4.78 is 5.85. The van der Waals surface area contributed by atoms with Crippen molar-refractivity contribution in [3.05, 3.63) is 69.9 Å². The van der Waals surface area contributed by atoms with Gasteiger partial charge in [-0.05, 0) is 66.8 Å². The number of carbonyl (C=O) groups excluding carboxylic acids is 1. The normalized spacial score (nSPS) is 11.0. The molecule has 0 saturated heterocycles. The van der Waals surface area contributed by atoms with E-state index in [1.54, 1.807) is 0 Å². The van der Waals surface area contributed by atoms with Crippen LogP contribution in [0.25, 0.3) is 22.6 Å². The molecule has 2 aromatic carbocycles. The molecule has 0 atom stereocenters. The molecule has 0 aliphatic heterocycles. The number of benzene rings is 2. The maximum atomic E-state index is 12.2. The Morgan fingerprint density at radius 1 is 1.12 bits per heavy atom. The molecule has 5 heteroatoms. The van der Waals surface area contributed by atoms with Crippen molar-refractivity contribution in [1.29, 1.82) is 0 Å². The van der Waals surface area contributed by atoms with Crippen molar-refractivity contribution >= 4 is 34.0 Å². The van der Waals surface area contributed by atoms with Gasteiger partial charge in [-0.25, -0.2) is 4.98 Å². The van der Waals surface area contributed by atoms with Gasteiger partial charge in [0.1, 0.15) is 5.52 Å². The number of hydrogen-bond donors (Lipinski definition) is 1. The van der Waals surface area contributed by atoms with Crippen molar-refractivity contribution in [3.63, 3.8) is 0 Å². The van der Waals surface area contributed by atoms with Gasteiger partial charge in [0.2, 0.25) is 5.89 Å². The maximum absolute atomic E-state index is 12.2. The molecule has 0 unspecified atom stereocenters. The number of nitrogens with zero attached hydrogens (tertiary/aromatic N) is 1. The van der Waals surface area contributed by atoms with Crippen molar-refractivity contribution in [2.75, 3.05) is 5.32 Å². The summed E-state index contributed by atoms with van der Waals surface area (Å²) in [7, 11) is 0. The lowest BCUT2D eigenvalue weighted by Crippen LogP contribution is -2.11. The van der Waals surface area contributed by atoms with Crippen molar-refractivity contribution in [2.45, 2.75) is 13.8 Å². The third-order valence-corrected chi connectivity index (χ3v) is 4.88. The van der Waals surface area contributed by atoms with Crippen LogP contribution in [0.4, 0.5) is 5.69 Å². The van der Waals surface area contributed by atoms with Crippen LogP contribution in [0.3, 0.4) is 0 Å². The highest BCUT2D eigenvalue weighted by molar-refractivity contribution is 7.12. The Morgan fingerprint density at radius 2 is 2.00 bits per heavy atom. The number of oxazole rings is 1. The lowest BCUT2D eigenvalue weighted by Gasteiger charge is -2.08. The highest BCUT2D eigenvalue weighted by atomic mass is 32.1. The zero-order chi connectivity index (χ0) is 17.4. The highest BCUT2D eigenvalue weighted by Crippen LogP contribution is 2.28. The molecule has 2 aromatic heterocycles. The van der Waals surface area contributed by atoms with Gasteiger partial charge in [-0.2, -0.15) is 0 Å². The van der Waals surface area contributed by atoms with Crippen molar-refractivity contribution < 1.29 is 9.21 Å². The number of rotatable bonds is 3. The van der Waals surface area contributed by atoms with E-state index in [0.29, 0.717) is 10.8 Å². The van der Waals surface area contributed by atoms with E-state index < -0.39 is 0 Å². The standard InChI is InChI=1S/C20H16N2O2S/c1-12-5-8-17-16(10-12)22-20(24-17)14-6-7-15(13(2)11-14)21-19(23)18-4-3-9-25-18/h3-11H,1-2H3,(H,21,23). The lowest BCUT2D eigenvalue weighted by atomic mass is 10.1. The molecule has 0 aliphatic rings. The predicted molar refractivity (Wildman–Crippen MR) is 101 cm³/mol. The number of aromatic nitrogens is 1. The van der Waals surface area contributed by atoms with Gasteiger partial charge >= 0.3 is 0 Å². The predicted octanol–water partition coefficient (Wildman–Crippen LogP) is 5.43. The molecule has 1 amide bonds. The summed E-state index contributed by atoms with van der Waals surface area (Å²) in [5, 5.41) is 4.83. The molecular weight excluding hydrogens is 332 g/mol. The van der Waals surface area contributed by atoms with Gasteiger partial charge in [-0.1, -0.05) is 12.1 Å². The third-order valence-electron chi connectivity index (χ3n) is 4.01. The SMILES string of the molecule is Cc1ccc2oc(-c3ccc(NC(=O)c4cccs4)c(C)c3)nc2c1. The first kappa shape index (κ1) is 15.6. The number of hydrogen-bond acceptors (Lipinski definition) is 4. The fraction of sp³-hybridized carbons (Fsp3) is 0.100. The Kier molecular flexibility index (Phi) is 3.86. The van der Waals surface area contributed by atoms with Gasteiger partial charge in [0.25, 0.3) is 5.91 Å². The van der Waals surface area contributed by atoms with Crippen LogP contribution >= 0.6 is 11.3 Å². The second-order valence-corrected chi connectivity index (χ2v) is 6.90. The summed E-state index contributed by atoms with van der Waals surface area (Å²) in [5.41, 5.74) is 5.40. The Labute approximate surface area is 149 Å². The van der Waals surface area contributed by atoms with Crippen LogP contribution in [0.15, 0.2) is 58.3 Å². The number of fused-ring (bicyclic) bond motifs is 1. The summed E-state index contributed by atoms with van der Waals surface area (Å²) in [4.78, 5) is 17.5. The van der Waals surface area contributed by atoms with E-state index in [4.69, 9.17) is 4.42 Å². The van der Waals surface area contributed by atoms with Crippen LogP contribution in [0.2, 0.25) is 0 Å². The molecule has 4 nitrogen and oxygen atoms in total. The Hall–Kier alpha value is -2.92. The van der Waals surface area contributed by atoms with Gasteiger partial charge in [-0.15, -0.1) is 11.3 Å². The minimum atomic E-state index is -0.0943. The van der Waals surface area contributed by atoms with E-state index in [1.807, 2.05) is 67.8 Å². The summed E-state index contributed by atoms with van der Waals surface area (Å²) in [6.45, 7) is 3.99. The molecule has 0 aliphatic carbocycles. The minimum Gasteiger partial charge on any atom is -0.436 e. The van der Waals surface area contributed by atoms with Crippen molar-refractivity contribution in [1.82, 2.24) is 4.98 Å². The second-order valence-electron chi connectivity index (χ2n) is 5.95. The van der Waals surface area contributed by atoms with Gasteiger partial charge in [0.05, 0.1) is 4.88 Å². The molecule has 4 rings (SSSR count). The average Bonchev–Trinajstić information content (AvgIpc) is 3.25. The average molecular weight is 348 g/mol. The smallest absolute Gasteiger partial charge is 0.265 e. The molecule has 0 saturated carbocycles. The van der Waals surface area contributed by atoms with Crippen LogP contribution in [-0.4, -0.2) is 10.9 Å². The van der Waals surface area contributed by atoms with Crippen LogP contribution < -0.4 is 5.32 Å². The fourth-order valence-electron chi connectivity index (χ4n) is 2.69. The van der Waals surface area contributed by atoms with Gasteiger partial charge in [0, 0.05) is 11.3 Å². The fourth-order valence-corrected chi connectivity index (χ4v) is 3.31. The molecule has 2 heterocycles. The lowest BCUT2D eigenvalue weighted by molar-refractivity contribution is 0.103. The van der Waals surface area contributed by atoms with Gasteiger partial charge < -0.3 is 9.73 Å². The number of thiophene rings is 1. The van der Waals surface area contributed by atoms with Crippen molar-refractivity contribution in [3.8, 4) is 11.5 Å². The summed E-state index contributed by atoms with van der Waals surface area (Å²) in [6, 6.07) is 15.4. The summed E-state index contributed by atoms with van der Waals surface area (Å²) >= 11 is 1.42. The second kappa shape index (κ2) is 6.18. The maximum Gasteiger partial charge on any atom is 0.265 e. The summed E-state index contributed by atoms with van der Waals surface area (Å²) in [6.07, 6.45) is 0. The van der Waals surface area contributed by atoms with Crippen LogP contribution in [0, 0.1) is 13.8 Å². The molecule has 25 heavy (non-hydrogen) atoms. The summed E-state index contributed by atoms with van der Waals surface area (Å²) in [5.74, 6) is 0.489. The number of aryl methyl sites for hydroxylation is 2. The zero-order valence-electron chi connectivity index (χ0n) is 13.9. The molecule has 0 radical (unpaired) electrons. The van der Waals surface area contributed by atoms with E-state index in [1.165, 1.54) is 11.3 Å². The topological polar surface area (TPSA) is 55.1 Å². The molecule has 0 spiro atoms. The molecule has 4 aromatic rings. The van der Waals surface area contributed by atoms with E-state index >= 15 is 0 Å². The van der Waals surface area contributed by atoms with Gasteiger partial charge in [-0.3, -0.25) is 4.79 Å². The number of anilines is 1. The number of carbonyl (C=O) groups is 1. The van der Waals surface area contributed by atoms with Crippen LogP contribution in [0.5, 0.6) is 0 Å². The Morgan fingerprint density at radius 3 is 2.76 bits per heavy atom. The molecule has 1 N–H and O–H groups in total. The largest absolute Gasteiger partial charge is 0.436 e. The van der Waals surface area contributed by atoms with Crippen molar-refractivity contribution in [2.24, 2.45) is 0 Å². The molecule has 0 bridgehead atoms. The molecule has 124 valence electrons. The van der Waals surface area contributed by atoms with E-state index in [-0.39, 0.29) is 5.91 Å². The molecular formula is C20H16N2O2S. The zero-order valence-corrected chi connectivity index (χ0v) is 14.7. The van der Waals surface area contributed by atoms with Gasteiger partial charge in [0.15, 0.2) is 5.58 Å². The first-order valence-corrected chi connectivity index (χ1v) is 8.81. The quantitative estimate of drug-likeness (QED) is 0.537. The van der Waals surface area contributed by atoms with Crippen LogP contribution in [0.1, 0.15) is 20.8 Å². The Bertz CT molecular complexity index is 1060. The van der Waals surface area contributed by atoms with Crippen LogP contribution in [-0.2, 0) is 0 Å². The van der Waals surface area contributed by atoms with E-state index in [0.717, 1.165) is 33.5 Å². The number of amides is 1. The highest BCUT2D eigenvalue weighted by Gasteiger charge is 2.12. The monoisotopic (exact) mass is 348 g/mol. The van der Waals surface area contributed by atoms with E-state index in [2.05, 4.69) is 10.3 Å².